The second kappa shape index (κ2) is 7.12. The first-order chi connectivity index (χ1) is 8.02. The first kappa shape index (κ1) is 14.7. The Hall–Kier alpha value is -0.410. The van der Waals surface area contributed by atoms with Crippen molar-refractivity contribution in [1.29, 1.82) is 0 Å². The smallest absolute Gasteiger partial charge is 0.0934 e. The van der Waals surface area contributed by atoms with Gasteiger partial charge in [-0.15, -0.1) is 11.3 Å². The van der Waals surface area contributed by atoms with E-state index in [1.54, 1.807) is 0 Å². The Morgan fingerprint density at radius 2 is 2.00 bits per heavy atom. The maximum Gasteiger partial charge on any atom is 0.0934 e. The molecule has 1 aromatic heterocycles. The normalized spacial score (nSPS) is 13.3. The van der Waals surface area contributed by atoms with Crippen molar-refractivity contribution in [3.8, 4) is 0 Å². The van der Waals surface area contributed by atoms with Gasteiger partial charge in [-0.1, -0.05) is 27.2 Å². The zero-order valence-electron chi connectivity index (χ0n) is 11.8. The summed E-state index contributed by atoms with van der Waals surface area (Å²) in [5, 5.41) is 4.86. The standard InChI is InChI=1S/C14H26N2S/c1-6-7-13(9-15-10(2)3)8-14-16-11(4)12(5)17-14/h10,13,15H,6-9H2,1-5H3. The highest BCUT2D eigenvalue weighted by atomic mass is 32.1. The Morgan fingerprint density at radius 1 is 1.29 bits per heavy atom. The molecule has 3 heteroatoms. The first-order valence-electron chi connectivity index (χ1n) is 6.69. The summed E-state index contributed by atoms with van der Waals surface area (Å²) in [7, 11) is 0. The molecule has 0 bridgehead atoms. The molecule has 0 aliphatic rings. The maximum absolute atomic E-state index is 4.65. The van der Waals surface area contributed by atoms with E-state index in [2.05, 4.69) is 44.9 Å². The van der Waals surface area contributed by atoms with Gasteiger partial charge in [-0.05, 0) is 32.7 Å². The summed E-state index contributed by atoms with van der Waals surface area (Å²) < 4.78 is 0. The van der Waals surface area contributed by atoms with E-state index >= 15 is 0 Å². The SMILES string of the molecule is CCCC(CNC(C)C)Cc1nc(C)c(C)s1. The van der Waals surface area contributed by atoms with Gasteiger partial charge in [0.1, 0.15) is 0 Å². The lowest BCUT2D eigenvalue weighted by atomic mass is 10.00. The molecule has 98 valence electrons. The minimum atomic E-state index is 0.578. The van der Waals surface area contributed by atoms with Gasteiger partial charge in [-0.3, -0.25) is 0 Å². The molecule has 0 aliphatic heterocycles. The van der Waals surface area contributed by atoms with Crippen LogP contribution in [0, 0.1) is 19.8 Å². The molecule has 1 heterocycles. The highest BCUT2D eigenvalue weighted by Gasteiger charge is 2.12. The molecule has 0 radical (unpaired) electrons. The molecular weight excluding hydrogens is 228 g/mol. The average molecular weight is 254 g/mol. The van der Waals surface area contributed by atoms with Crippen LogP contribution in [0.5, 0.6) is 0 Å². The Bertz CT molecular complexity index is 311. The van der Waals surface area contributed by atoms with Crippen LogP contribution < -0.4 is 5.32 Å². The fourth-order valence-corrected chi connectivity index (χ4v) is 3.01. The Balaban J connectivity index is 2.53. The number of aromatic nitrogens is 1. The third-order valence-corrected chi connectivity index (χ3v) is 4.14. The number of nitrogens with zero attached hydrogens (tertiary/aromatic N) is 1. The quantitative estimate of drug-likeness (QED) is 0.802. The summed E-state index contributed by atoms with van der Waals surface area (Å²) in [4.78, 5) is 6.02. The van der Waals surface area contributed by atoms with Crippen molar-refractivity contribution < 1.29 is 0 Å². The van der Waals surface area contributed by atoms with Crippen LogP contribution in [0.1, 0.15) is 49.2 Å². The topological polar surface area (TPSA) is 24.9 Å². The second-order valence-corrected chi connectivity index (χ2v) is 6.46. The monoisotopic (exact) mass is 254 g/mol. The van der Waals surface area contributed by atoms with Crippen LogP contribution in [-0.2, 0) is 6.42 Å². The lowest BCUT2D eigenvalue weighted by molar-refractivity contribution is 0.418. The van der Waals surface area contributed by atoms with Gasteiger partial charge in [0.25, 0.3) is 0 Å². The number of aryl methyl sites for hydroxylation is 2. The van der Waals surface area contributed by atoms with E-state index in [1.807, 2.05) is 11.3 Å². The van der Waals surface area contributed by atoms with Crippen molar-refractivity contribution in [1.82, 2.24) is 10.3 Å². The minimum Gasteiger partial charge on any atom is -0.314 e. The van der Waals surface area contributed by atoms with Crippen LogP contribution in [0.3, 0.4) is 0 Å². The minimum absolute atomic E-state index is 0.578. The Labute approximate surface area is 110 Å². The molecule has 0 amide bonds. The predicted octanol–water partition coefficient (Wildman–Crippen LogP) is 3.72. The van der Waals surface area contributed by atoms with Gasteiger partial charge in [-0.2, -0.15) is 0 Å². The molecule has 0 aromatic carbocycles. The van der Waals surface area contributed by atoms with Gasteiger partial charge in [-0.25, -0.2) is 4.98 Å². The molecule has 1 aromatic rings. The van der Waals surface area contributed by atoms with Crippen molar-refractivity contribution in [2.75, 3.05) is 6.54 Å². The third-order valence-electron chi connectivity index (χ3n) is 3.05. The van der Waals surface area contributed by atoms with Gasteiger partial charge in [0.2, 0.25) is 0 Å². The molecule has 0 fully saturated rings. The van der Waals surface area contributed by atoms with Crippen molar-refractivity contribution in [2.24, 2.45) is 5.92 Å². The molecule has 0 spiro atoms. The molecule has 0 aliphatic carbocycles. The van der Waals surface area contributed by atoms with Crippen LogP contribution in [0.4, 0.5) is 0 Å². The maximum atomic E-state index is 4.65. The highest BCUT2D eigenvalue weighted by Crippen LogP contribution is 2.21. The Kier molecular flexibility index (Phi) is 6.14. The lowest BCUT2D eigenvalue weighted by Gasteiger charge is -2.17. The molecule has 1 atom stereocenters. The van der Waals surface area contributed by atoms with E-state index in [1.165, 1.54) is 28.4 Å². The number of rotatable bonds is 7. The fraction of sp³-hybridized carbons (Fsp3) is 0.786. The van der Waals surface area contributed by atoms with Crippen LogP contribution in [0.25, 0.3) is 0 Å². The molecule has 0 saturated heterocycles. The van der Waals surface area contributed by atoms with E-state index in [0.29, 0.717) is 6.04 Å². The summed E-state index contributed by atoms with van der Waals surface area (Å²) in [6, 6.07) is 0.578. The van der Waals surface area contributed by atoms with E-state index < -0.39 is 0 Å². The highest BCUT2D eigenvalue weighted by molar-refractivity contribution is 7.11. The van der Waals surface area contributed by atoms with Gasteiger partial charge < -0.3 is 5.32 Å². The van der Waals surface area contributed by atoms with Crippen LogP contribution >= 0.6 is 11.3 Å². The fourth-order valence-electron chi connectivity index (χ4n) is 1.96. The first-order valence-corrected chi connectivity index (χ1v) is 7.50. The van der Waals surface area contributed by atoms with E-state index in [-0.39, 0.29) is 0 Å². The predicted molar refractivity (Wildman–Crippen MR) is 76.8 cm³/mol. The summed E-state index contributed by atoms with van der Waals surface area (Å²) in [6.07, 6.45) is 3.68. The van der Waals surface area contributed by atoms with Gasteiger partial charge in [0.05, 0.1) is 10.7 Å². The van der Waals surface area contributed by atoms with Gasteiger partial charge >= 0.3 is 0 Å². The van der Waals surface area contributed by atoms with Crippen LogP contribution in [0.2, 0.25) is 0 Å². The lowest BCUT2D eigenvalue weighted by Crippen LogP contribution is -2.29. The van der Waals surface area contributed by atoms with Gasteiger partial charge in [0.15, 0.2) is 0 Å². The molecule has 2 nitrogen and oxygen atoms in total. The zero-order chi connectivity index (χ0) is 12.8. The largest absolute Gasteiger partial charge is 0.314 e. The average Bonchev–Trinajstić information content (AvgIpc) is 2.55. The van der Waals surface area contributed by atoms with E-state index in [4.69, 9.17) is 0 Å². The summed E-state index contributed by atoms with van der Waals surface area (Å²) >= 11 is 1.86. The molecule has 1 N–H and O–H groups in total. The molecule has 0 saturated carbocycles. The molecule has 17 heavy (non-hydrogen) atoms. The number of nitrogens with one attached hydrogen (secondary N) is 1. The van der Waals surface area contributed by atoms with Crippen LogP contribution in [-0.4, -0.2) is 17.6 Å². The number of hydrogen-bond acceptors (Lipinski definition) is 3. The van der Waals surface area contributed by atoms with Crippen LogP contribution in [0.15, 0.2) is 0 Å². The summed E-state index contributed by atoms with van der Waals surface area (Å²) in [6.45, 7) is 12.1. The van der Waals surface area contributed by atoms with E-state index in [0.717, 1.165) is 18.9 Å². The van der Waals surface area contributed by atoms with Crippen molar-refractivity contribution >= 4 is 11.3 Å². The zero-order valence-corrected chi connectivity index (χ0v) is 12.7. The number of thiazole rings is 1. The Morgan fingerprint density at radius 3 is 2.47 bits per heavy atom. The molecular formula is C14H26N2S. The van der Waals surface area contributed by atoms with Crippen molar-refractivity contribution in [2.45, 2.75) is 59.9 Å². The molecule has 1 rings (SSSR count). The van der Waals surface area contributed by atoms with Crippen molar-refractivity contribution in [3.63, 3.8) is 0 Å². The second-order valence-electron chi connectivity index (χ2n) is 5.17. The van der Waals surface area contributed by atoms with Crippen molar-refractivity contribution in [3.05, 3.63) is 15.6 Å². The van der Waals surface area contributed by atoms with Gasteiger partial charge in [0, 0.05) is 17.3 Å². The third kappa shape index (κ3) is 5.17. The number of hydrogen-bond donors (Lipinski definition) is 1. The van der Waals surface area contributed by atoms with E-state index in [9.17, 15) is 0 Å². The summed E-state index contributed by atoms with van der Waals surface area (Å²) in [5.41, 5.74) is 1.21. The summed E-state index contributed by atoms with van der Waals surface area (Å²) in [5.74, 6) is 0.729. The molecule has 1 unspecified atom stereocenters.